The van der Waals surface area contributed by atoms with Crippen molar-refractivity contribution in [3.05, 3.63) is 47.0 Å². The largest absolute Gasteiger partial charge is 0.493 e. The molecule has 0 bridgehead atoms. The van der Waals surface area contributed by atoms with Gasteiger partial charge in [-0.3, -0.25) is 9.69 Å². The Labute approximate surface area is 194 Å². The van der Waals surface area contributed by atoms with E-state index in [-0.39, 0.29) is 18.2 Å². The summed E-state index contributed by atoms with van der Waals surface area (Å²) in [6.07, 6.45) is 1.17. The number of fused-ring (bicyclic) bond motifs is 3. The molecule has 1 aliphatic rings. The van der Waals surface area contributed by atoms with Crippen LogP contribution in [0.2, 0.25) is 5.02 Å². The molecule has 32 heavy (non-hydrogen) atoms. The monoisotopic (exact) mass is 472 g/mol. The van der Waals surface area contributed by atoms with Crippen LogP contribution in [0.4, 0.5) is 5.69 Å². The third kappa shape index (κ3) is 3.82. The minimum Gasteiger partial charge on any atom is -0.493 e. The van der Waals surface area contributed by atoms with Crippen LogP contribution < -0.4 is 19.1 Å². The molecule has 0 saturated heterocycles. The summed E-state index contributed by atoms with van der Waals surface area (Å²) in [4.78, 5) is 19.4. The first-order valence-corrected chi connectivity index (χ1v) is 11.4. The fraction of sp³-hybridized carbons (Fsp3) is 0.273. The number of nitrogens with zero attached hydrogens (tertiary/aromatic N) is 4. The summed E-state index contributed by atoms with van der Waals surface area (Å²) in [6.45, 7) is 1.79. The van der Waals surface area contributed by atoms with Gasteiger partial charge in [0, 0.05) is 23.1 Å². The number of aromatic nitrogens is 3. The highest BCUT2D eigenvalue weighted by molar-refractivity contribution is 7.98. The number of carbonyl (C=O) groups excluding carboxylic acids is 1. The molecule has 10 heteroatoms. The second-order valence-electron chi connectivity index (χ2n) is 6.79. The van der Waals surface area contributed by atoms with Crippen molar-refractivity contribution in [3.63, 3.8) is 0 Å². The van der Waals surface area contributed by atoms with Crippen molar-refractivity contribution in [2.24, 2.45) is 0 Å². The number of hydrogen-bond acceptors (Lipinski definition) is 8. The zero-order valence-corrected chi connectivity index (χ0v) is 19.5. The summed E-state index contributed by atoms with van der Waals surface area (Å²) in [6, 6.07) is 10.8. The number of hydrogen-bond donors (Lipinski definition) is 0. The number of methoxy groups -OCH3 is 2. The third-order valence-electron chi connectivity index (χ3n) is 5.00. The van der Waals surface area contributed by atoms with Crippen molar-refractivity contribution in [2.75, 3.05) is 25.4 Å². The Bertz CT molecular complexity index is 1180. The highest BCUT2D eigenvalue weighted by atomic mass is 35.5. The van der Waals surface area contributed by atoms with E-state index in [1.54, 1.807) is 24.0 Å². The molecule has 2 aromatic carbocycles. The van der Waals surface area contributed by atoms with Crippen LogP contribution in [-0.4, -0.2) is 41.6 Å². The zero-order chi connectivity index (χ0) is 22.8. The van der Waals surface area contributed by atoms with E-state index in [4.69, 9.17) is 25.8 Å². The SMILES string of the molecule is CCC(=O)N1c2ccccc2-c2nnc(SC)nc2O[C@@H]1c1cc(Cl)cc(OC)c1OC. The molecule has 3 aromatic rings. The number of para-hydroxylation sites is 1. The van der Waals surface area contributed by atoms with Gasteiger partial charge in [0.15, 0.2) is 17.2 Å². The van der Waals surface area contributed by atoms with Crippen molar-refractivity contribution in [2.45, 2.75) is 24.7 Å². The number of rotatable bonds is 5. The molecule has 0 aliphatic carbocycles. The van der Waals surface area contributed by atoms with Crippen LogP contribution in [0.25, 0.3) is 11.3 Å². The summed E-state index contributed by atoms with van der Waals surface area (Å²) >= 11 is 7.73. The number of halogens is 1. The van der Waals surface area contributed by atoms with Gasteiger partial charge in [-0.1, -0.05) is 48.5 Å². The number of thioether (sulfide) groups is 1. The lowest BCUT2D eigenvalue weighted by molar-refractivity contribution is -0.120. The quantitative estimate of drug-likeness (QED) is 0.491. The molecule has 0 unspecified atom stereocenters. The van der Waals surface area contributed by atoms with E-state index in [1.165, 1.54) is 26.0 Å². The Balaban J connectivity index is 2.04. The van der Waals surface area contributed by atoms with E-state index in [2.05, 4.69) is 15.2 Å². The van der Waals surface area contributed by atoms with E-state index in [9.17, 15) is 4.79 Å². The second kappa shape index (κ2) is 9.22. The van der Waals surface area contributed by atoms with Gasteiger partial charge >= 0.3 is 0 Å². The topological polar surface area (TPSA) is 86.7 Å². The van der Waals surface area contributed by atoms with Crippen molar-refractivity contribution >= 4 is 35.0 Å². The number of benzene rings is 2. The standard InChI is InChI=1S/C22H21ClN4O4S/c1-5-17(28)27-15-9-7-6-8-13(15)18-20(24-22(32-4)26-25-18)31-21(27)14-10-12(23)11-16(29-2)19(14)30-3/h6-11,21H,5H2,1-4H3/t21-/m1/s1. The first-order valence-electron chi connectivity index (χ1n) is 9.80. The van der Waals surface area contributed by atoms with Gasteiger partial charge in [0.1, 0.15) is 0 Å². The van der Waals surface area contributed by atoms with Crippen LogP contribution in [0.3, 0.4) is 0 Å². The van der Waals surface area contributed by atoms with Crippen LogP contribution in [0, 0.1) is 0 Å². The number of amides is 1. The van der Waals surface area contributed by atoms with Crippen LogP contribution in [0.1, 0.15) is 25.1 Å². The molecule has 166 valence electrons. The van der Waals surface area contributed by atoms with Crippen LogP contribution in [0.15, 0.2) is 41.6 Å². The molecule has 1 atom stereocenters. The first-order chi connectivity index (χ1) is 15.5. The molecule has 1 aromatic heterocycles. The maximum Gasteiger partial charge on any atom is 0.247 e. The van der Waals surface area contributed by atoms with E-state index in [0.29, 0.717) is 44.2 Å². The molecular formula is C22H21ClN4O4S. The predicted octanol–water partition coefficient (Wildman–Crippen LogP) is 4.77. The van der Waals surface area contributed by atoms with E-state index >= 15 is 0 Å². The predicted molar refractivity (Wildman–Crippen MR) is 123 cm³/mol. The molecule has 8 nitrogen and oxygen atoms in total. The molecule has 0 N–H and O–H groups in total. The van der Waals surface area contributed by atoms with Crippen molar-refractivity contribution in [1.82, 2.24) is 15.2 Å². The molecule has 1 amide bonds. The van der Waals surface area contributed by atoms with Gasteiger partial charge in [-0.05, 0) is 18.4 Å². The van der Waals surface area contributed by atoms with Gasteiger partial charge in [-0.15, -0.1) is 10.2 Å². The fourth-order valence-corrected chi connectivity index (χ4v) is 4.10. The highest BCUT2D eigenvalue weighted by Crippen LogP contribution is 2.47. The van der Waals surface area contributed by atoms with Crippen LogP contribution in [0.5, 0.6) is 17.4 Å². The number of carbonyl (C=O) groups is 1. The average molecular weight is 473 g/mol. The minimum absolute atomic E-state index is 0.158. The van der Waals surface area contributed by atoms with E-state index in [0.717, 1.165) is 0 Å². The lowest BCUT2D eigenvalue weighted by atomic mass is 10.1. The molecule has 1 aliphatic heterocycles. The Kier molecular flexibility index (Phi) is 6.38. The Morgan fingerprint density at radius 1 is 1.22 bits per heavy atom. The smallest absolute Gasteiger partial charge is 0.247 e. The van der Waals surface area contributed by atoms with Crippen molar-refractivity contribution < 1.29 is 19.0 Å². The molecule has 2 heterocycles. The van der Waals surface area contributed by atoms with Gasteiger partial charge < -0.3 is 14.2 Å². The summed E-state index contributed by atoms with van der Waals surface area (Å²) in [5.74, 6) is 0.929. The highest BCUT2D eigenvalue weighted by Gasteiger charge is 2.37. The molecule has 0 fully saturated rings. The van der Waals surface area contributed by atoms with Crippen LogP contribution >= 0.6 is 23.4 Å². The first kappa shape index (κ1) is 22.2. The summed E-state index contributed by atoms with van der Waals surface area (Å²) in [5.41, 5.74) is 2.28. The van der Waals surface area contributed by atoms with E-state index in [1.807, 2.05) is 30.5 Å². The fourth-order valence-electron chi connectivity index (χ4n) is 3.58. The Morgan fingerprint density at radius 3 is 2.69 bits per heavy atom. The maximum absolute atomic E-state index is 13.3. The second-order valence-corrected chi connectivity index (χ2v) is 8.00. The normalized spacial score (nSPS) is 14.7. The van der Waals surface area contributed by atoms with Crippen LogP contribution in [-0.2, 0) is 4.79 Å². The molecule has 0 radical (unpaired) electrons. The molecule has 0 spiro atoms. The summed E-state index contributed by atoms with van der Waals surface area (Å²) < 4.78 is 17.5. The van der Waals surface area contributed by atoms with Gasteiger partial charge in [-0.25, -0.2) is 0 Å². The molecule has 4 rings (SSSR count). The summed E-state index contributed by atoms with van der Waals surface area (Å²) in [7, 11) is 3.04. The van der Waals surface area contributed by atoms with Gasteiger partial charge in [0.2, 0.25) is 23.2 Å². The average Bonchev–Trinajstić information content (AvgIpc) is 2.97. The van der Waals surface area contributed by atoms with Gasteiger partial charge in [-0.2, -0.15) is 4.98 Å². The van der Waals surface area contributed by atoms with Gasteiger partial charge in [0.25, 0.3) is 0 Å². The van der Waals surface area contributed by atoms with Gasteiger partial charge in [0.05, 0.1) is 25.5 Å². The lowest BCUT2D eigenvalue weighted by Gasteiger charge is -2.31. The Morgan fingerprint density at radius 2 is 2.00 bits per heavy atom. The molecular weight excluding hydrogens is 452 g/mol. The number of ether oxygens (including phenoxy) is 3. The Hall–Kier alpha value is -3.04. The molecule has 0 saturated carbocycles. The number of anilines is 1. The lowest BCUT2D eigenvalue weighted by Crippen LogP contribution is -2.37. The van der Waals surface area contributed by atoms with Crippen molar-refractivity contribution in [1.29, 1.82) is 0 Å². The summed E-state index contributed by atoms with van der Waals surface area (Å²) in [5, 5.41) is 9.38. The zero-order valence-electron chi connectivity index (χ0n) is 18.0. The minimum atomic E-state index is -0.932. The van der Waals surface area contributed by atoms with Crippen molar-refractivity contribution in [3.8, 4) is 28.6 Å². The maximum atomic E-state index is 13.3. The third-order valence-corrected chi connectivity index (χ3v) is 5.76. The van der Waals surface area contributed by atoms with E-state index < -0.39 is 6.23 Å².